The topological polar surface area (TPSA) is 90.9 Å². The molecular weight excluding hydrogens is 583 g/mol. The summed E-state index contributed by atoms with van der Waals surface area (Å²) in [5.74, 6) is 1.64. The molecule has 0 unspecified atom stereocenters. The summed E-state index contributed by atoms with van der Waals surface area (Å²) >= 11 is 0. The standard InChI is InChI=1S/C36H51FN6O3/c1-24(2)43(25(3)4)32(44)28-17-27(37)7-8-29(28)46-30-18-38-23-39-31(30)42-21-35(22-42)13-15-41(16-14-35)19-26-9-11-36(12-10-26)20-34(5,6)33(45)40-36/h7-8,17-18,23-26H,9-16,19-22H2,1-6H3,(H,40,45). The van der Waals surface area contributed by atoms with E-state index in [1.165, 1.54) is 37.4 Å². The summed E-state index contributed by atoms with van der Waals surface area (Å²) < 4.78 is 20.7. The van der Waals surface area contributed by atoms with Gasteiger partial charge in [-0.05, 0) is 110 Å². The molecule has 9 nitrogen and oxygen atoms in total. The molecule has 0 bridgehead atoms. The molecule has 4 heterocycles. The highest BCUT2D eigenvalue weighted by molar-refractivity contribution is 5.97. The first-order valence-electron chi connectivity index (χ1n) is 17.2. The zero-order valence-electron chi connectivity index (χ0n) is 28.4. The molecule has 2 spiro atoms. The molecule has 1 aliphatic carbocycles. The van der Waals surface area contributed by atoms with Gasteiger partial charge in [-0.1, -0.05) is 13.8 Å². The van der Waals surface area contributed by atoms with Crippen LogP contribution in [0.4, 0.5) is 10.2 Å². The van der Waals surface area contributed by atoms with Gasteiger partial charge in [-0.2, -0.15) is 0 Å². The Morgan fingerprint density at radius 1 is 1.07 bits per heavy atom. The van der Waals surface area contributed by atoms with Crippen LogP contribution in [-0.2, 0) is 4.79 Å². The molecule has 3 aliphatic heterocycles. The molecule has 0 atom stereocenters. The number of halogens is 1. The number of nitrogens with zero attached hydrogens (tertiary/aromatic N) is 5. The number of piperidine rings is 1. The van der Waals surface area contributed by atoms with Crippen molar-refractivity contribution < 1.29 is 18.7 Å². The number of carbonyl (C=O) groups is 2. The Morgan fingerprint density at radius 2 is 1.74 bits per heavy atom. The Bertz CT molecular complexity index is 1430. The summed E-state index contributed by atoms with van der Waals surface area (Å²) in [6, 6.07) is 3.99. The third kappa shape index (κ3) is 6.46. The van der Waals surface area contributed by atoms with Crippen molar-refractivity contribution in [3.63, 3.8) is 0 Å². The predicted octanol–water partition coefficient (Wildman–Crippen LogP) is 6.04. The van der Waals surface area contributed by atoms with Crippen LogP contribution in [0.25, 0.3) is 0 Å². The lowest BCUT2D eigenvalue weighted by Gasteiger charge is -2.55. The van der Waals surface area contributed by atoms with Gasteiger partial charge >= 0.3 is 0 Å². The molecule has 1 aromatic heterocycles. The van der Waals surface area contributed by atoms with Gasteiger partial charge in [0.25, 0.3) is 5.91 Å². The van der Waals surface area contributed by atoms with E-state index in [9.17, 15) is 14.0 Å². The van der Waals surface area contributed by atoms with Gasteiger partial charge in [0.05, 0.1) is 11.8 Å². The summed E-state index contributed by atoms with van der Waals surface area (Å²) in [6.45, 7) is 17.1. The molecule has 1 aromatic carbocycles. The minimum Gasteiger partial charge on any atom is -0.451 e. The van der Waals surface area contributed by atoms with E-state index in [1.54, 1.807) is 11.1 Å². The molecule has 0 radical (unpaired) electrons. The molecule has 3 saturated heterocycles. The van der Waals surface area contributed by atoms with E-state index in [0.717, 1.165) is 64.8 Å². The largest absolute Gasteiger partial charge is 0.451 e. The SMILES string of the molecule is CC(C)N(C(=O)c1cc(F)ccc1Oc1cncnc1N1CC2(CCN(CC3CCC4(CC3)CC(C)(C)C(=O)N4)CC2)C1)C(C)C. The average molecular weight is 635 g/mol. The Labute approximate surface area is 273 Å². The Morgan fingerprint density at radius 3 is 2.35 bits per heavy atom. The lowest BCUT2D eigenvalue weighted by atomic mass is 9.70. The van der Waals surface area contributed by atoms with Gasteiger partial charge in [0.15, 0.2) is 11.6 Å². The fraction of sp³-hybridized carbons (Fsp3) is 0.667. The Hall–Kier alpha value is -3.27. The van der Waals surface area contributed by atoms with Crippen LogP contribution in [0.1, 0.15) is 96.8 Å². The molecule has 1 N–H and O–H groups in total. The van der Waals surface area contributed by atoms with Gasteiger partial charge in [-0.25, -0.2) is 14.4 Å². The minimum atomic E-state index is -0.484. The number of ether oxygens (including phenoxy) is 1. The highest BCUT2D eigenvalue weighted by Crippen LogP contribution is 2.47. The fourth-order valence-corrected chi connectivity index (χ4v) is 8.60. The first kappa shape index (κ1) is 32.7. The van der Waals surface area contributed by atoms with E-state index >= 15 is 0 Å². The Kier molecular flexibility index (Phi) is 8.80. The van der Waals surface area contributed by atoms with Crippen LogP contribution in [0.2, 0.25) is 0 Å². The number of hydrogen-bond donors (Lipinski definition) is 1. The third-order valence-electron chi connectivity index (χ3n) is 11.0. The number of carbonyl (C=O) groups excluding carboxylic acids is 2. The first-order chi connectivity index (χ1) is 21.8. The lowest BCUT2D eigenvalue weighted by molar-refractivity contribution is -0.126. The van der Waals surface area contributed by atoms with E-state index < -0.39 is 5.82 Å². The Balaban J connectivity index is 1.04. The third-order valence-corrected chi connectivity index (χ3v) is 11.0. The second-order valence-electron chi connectivity index (χ2n) is 15.7. The van der Waals surface area contributed by atoms with Crippen LogP contribution in [-0.4, -0.2) is 81.9 Å². The molecule has 10 heteroatoms. The number of aromatic nitrogens is 2. The maximum Gasteiger partial charge on any atom is 0.258 e. The number of nitrogens with one attached hydrogen (secondary N) is 1. The van der Waals surface area contributed by atoms with Crippen LogP contribution in [0.15, 0.2) is 30.7 Å². The number of benzene rings is 1. The van der Waals surface area contributed by atoms with Crippen molar-refractivity contribution in [2.75, 3.05) is 37.6 Å². The highest BCUT2D eigenvalue weighted by Gasteiger charge is 2.50. The summed E-state index contributed by atoms with van der Waals surface area (Å²) in [5, 5.41) is 3.36. The smallest absolute Gasteiger partial charge is 0.258 e. The van der Waals surface area contributed by atoms with Crippen molar-refractivity contribution in [2.24, 2.45) is 16.7 Å². The maximum atomic E-state index is 14.4. The number of anilines is 1. The molecular formula is C36H51FN6O3. The molecule has 4 aliphatic rings. The van der Waals surface area contributed by atoms with Gasteiger partial charge in [0.1, 0.15) is 17.9 Å². The summed E-state index contributed by atoms with van der Waals surface area (Å²) in [6.07, 6.45) is 11.0. The van der Waals surface area contributed by atoms with Crippen LogP contribution < -0.4 is 15.0 Å². The van der Waals surface area contributed by atoms with Gasteiger partial charge in [-0.15, -0.1) is 0 Å². The molecule has 250 valence electrons. The van der Waals surface area contributed by atoms with Crippen LogP contribution in [0, 0.1) is 22.6 Å². The van der Waals surface area contributed by atoms with E-state index in [1.807, 2.05) is 27.7 Å². The highest BCUT2D eigenvalue weighted by atomic mass is 19.1. The van der Waals surface area contributed by atoms with Crippen LogP contribution in [0.3, 0.4) is 0 Å². The maximum absolute atomic E-state index is 14.4. The monoisotopic (exact) mass is 634 g/mol. The van der Waals surface area contributed by atoms with Crippen molar-refractivity contribution in [3.05, 3.63) is 42.1 Å². The fourth-order valence-electron chi connectivity index (χ4n) is 8.60. The van der Waals surface area contributed by atoms with Crippen molar-refractivity contribution in [1.82, 2.24) is 25.1 Å². The van der Waals surface area contributed by atoms with E-state index in [2.05, 4.69) is 38.9 Å². The van der Waals surface area contributed by atoms with Crippen LogP contribution >= 0.6 is 0 Å². The van der Waals surface area contributed by atoms with Crippen molar-refractivity contribution >= 4 is 17.6 Å². The van der Waals surface area contributed by atoms with Gasteiger partial charge in [-0.3, -0.25) is 9.59 Å². The minimum absolute atomic E-state index is 0.0261. The van der Waals surface area contributed by atoms with Crippen molar-refractivity contribution in [3.8, 4) is 11.5 Å². The van der Waals surface area contributed by atoms with Gasteiger partial charge in [0, 0.05) is 48.1 Å². The number of amides is 2. The predicted molar refractivity (Wildman–Crippen MR) is 176 cm³/mol. The number of hydrogen-bond acceptors (Lipinski definition) is 7. The van der Waals surface area contributed by atoms with E-state index in [-0.39, 0.29) is 45.8 Å². The second kappa shape index (κ2) is 12.4. The second-order valence-corrected chi connectivity index (χ2v) is 15.7. The summed E-state index contributed by atoms with van der Waals surface area (Å²) in [5.41, 5.74) is 0.240. The zero-order valence-corrected chi connectivity index (χ0v) is 28.4. The molecule has 2 aromatic rings. The quantitative estimate of drug-likeness (QED) is 0.379. The molecule has 1 saturated carbocycles. The summed E-state index contributed by atoms with van der Waals surface area (Å²) in [4.78, 5) is 41.4. The van der Waals surface area contributed by atoms with Gasteiger partial charge < -0.3 is 24.8 Å². The normalized spacial score (nSPS) is 25.6. The molecule has 2 amide bonds. The zero-order chi connectivity index (χ0) is 32.9. The van der Waals surface area contributed by atoms with E-state index in [0.29, 0.717) is 23.2 Å². The van der Waals surface area contributed by atoms with E-state index in [4.69, 9.17) is 4.74 Å². The van der Waals surface area contributed by atoms with Crippen molar-refractivity contribution in [1.29, 1.82) is 0 Å². The van der Waals surface area contributed by atoms with Crippen LogP contribution in [0.5, 0.6) is 11.5 Å². The summed E-state index contributed by atoms with van der Waals surface area (Å²) in [7, 11) is 0. The first-order valence-corrected chi connectivity index (χ1v) is 17.2. The van der Waals surface area contributed by atoms with Gasteiger partial charge in [0.2, 0.25) is 5.91 Å². The molecule has 46 heavy (non-hydrogen) atoms. The number of likely N-dealkylation sites (tertiary alicyclic amines) is 1. The molecule has 6 rings (SSSR count). The lowest BCUT2D eigenvalue weighted by Crippen LogP contribution is -2.61. The molecule has 4 fully saturated rings. The average Bonchev–Trinajstić information content (AvgIpc) is 3.21. The number of rotatable bonds is 8. The van der Waals surface area contributed by atoms with Crippen molar-refractivity contribution in [2.45, 2.75) is 104 Å².